The first-order valence-electron chi connectivity index (χ1n) is 5.35. The van der Waals surface area contributed by atoms with Crippen molar-refractivity contribution in [1.82, 2.24) is 0 Å². The number of allylic oxidation sites excluding steroid dienone is 4. The number of hydrogen-bond acceptors (Lipinski definition) is 0. The fourth-order valence-electron chi connectivity index (χ4n) is 1.53. The molecule has 0 radical (unpaired) electrons. The second-order valence-electron chi connectivity index (χ2n) is 4.90. The Morgan fingerprint density at radius 1 is 1.36 bits per heavy atom. The summed E-state index contributed by atoms with van der Waals surface area (Å²) < 4.78 is 0. The van der Waals surface area contributed by atoms with Crippen molar-refractivity contribution < 1.29 is 25.8 Å². The summed E-state index contributed by atoms with van der Waals surface area (Å²) in [5.41, 5.74) is 3.31. The van der Waals surface area contributed by atoms with E-state index in [0.717, 1.165) is 6.42 Å². The predicted molar refractivity (Wildman–Crippen MR) is 58.4 cm³/mol. The summed E-state index contributed by atoms with van der Waals surface area (Å²) in [4.78, 5) is 0. The molecule has 0 unspecified atom stereocenters. The number of hydrogen-bond donors (Lipinski definition) is 0. The second kappa shape index (κ2) is 6.05. The van der Waals surface area contributed by atoms with Gasteiger partial charge in [-0.25, -0.2) is 11.6 Å². The fourth-order valence-corrected chi connectivity index (χ4v) is 1.53. The van der Waals surface area contributed by atoms with Crippen LogP contribution in [0, 0.1) is 11.5 Å². The largest absolute Gasteiger partial charge is 0.269 e. The number of unbranched alkanes of at least 4 members (excludes halogenated alkanes) is 1. The average molecular weight is 356 g/mol. The molecule has 1 aliphatic rings. The zero-order chi connectivity index (χ0) is 9.90. The summed E-state index contributed by atoms with van der Waals surface area (Å²) >= 11 is 0. The van der Waals surface area contributed by atoms with Crippen LogP contribution in [-0.4, -0.2) is 0 Å². The van der Waals surface area contributed by atoms with E-state index in [1.807, 2.05) is 0 Å². The van der Waals surface area contributed by atoms with Gasteiger partial charge < -0.3 is 0 Å². The van der Waals surface area contributed by atoms with E-state index in [4.69, 9.17) is 0 Å². The van der Waals surface area contributed by atoms with Crippen LogP contribution in [-0.2, 0) is 25.8 Å². The van der Waals surface area contributed by atoms with Crippen molar-refractivity contribution in [2.24, 2.45) is 5.41 Å². The topological polar surface area (TPSA) is 0 Å². The molecule has 0 aromatic heterocycles. The first-order chi connectivity index (χ1) is 6.04. The van der Waals surface area contributed by atoms with Crippen molar-refractivity contribution in [2.75, 3.05) is 0 Å². The monoisotopic (exact) mass is 357 g/mol. The minimum absolute atomic E-state index is 0. The first-order valence-corrected chi connectivity index (χ1v) is 5.35. The Hall–Kier alpha value is 0.350. The SMILES string of the molecule is CCCCC1=[C-]CC(C(C)(C)C)=C1.[Hf]. The summed E-state index contributed by atoms with van der Waals surface area (Å²) in [5, 5.41) is 0. The zero-order valence-electron chi connectivity index (χ0n) is 9.91. The molecule has 1 heteroatoms. The Bertz CT molecular complexity index is 228. The van der Waals surface area contributed by atoms with E-state index >= 15 is 0 Å². The average Bonchev–Trinajstić information content (AvgIpc) is 2.47. The third-order valence-electron chi connectivity index (χ3n) is 2.62. The molecule has 0 fully saturated rings. The fraction of sp³-hybridized carbons (Fsp3) is 0.692. The Morgan fingerprint density at radius 3 is 2.43 bits per heavy atom. The van der Waals surface area contributed by atoms with Gasteiger partial charge in [0.25, 0.3) is 0 Å². The van der Waals surface area contributed by atoms with Crippen molar-refractivity contribution in [1.29, 1.82) is 0 Å². The Morgan fingerprint density at radius 2 is 2.00 bits per heavy atom. The van der Waals surface area contributed by atoms with Gasteiger partial charge in [0.1, 0.15) is 0 Å². The molecule has 0 spiro atoms. The molecule has 0 amide bonds. The van der Waals surface area contributed by atoms with Crippen molar-refractivity contribution in [3.8, 4) is 0 Å². The molecule has 0 saturated carbocycles. The van der Waals surface area contributed by atoms with Gasteiger partial charge >= 0.3 is 0 Å². The predicted octanol–water partition coefficient (Wildman–Crippen LogP) is 4.28. The Labute approximate surface area is 108 Å². The Kier molecular flexibility index (Phi) is 6.20. The van der Waals surface area contributed by atoms with Crippen LogP contribution in [0.25, 0.3) is 0 Å². The van der Waals surface area contributed by atoms with Crippen molar-refractivity contribution in [3.63, 3.8) is 0 Å². The molecule has 1 rings (SSSR count). The molecular weight excluding hydrogens is 335 g/mol. The molecule has 0 aromatic carbocycles. The van der Waals surface area contributed by atoms with E-state index in [0.29, 0.717) is 5.41 Å². The van der Waals surface area contributed by atoms with Crippen LogP contribution in [0.1, 0.15) is 53.4 Å². The number of rotatable bonds is 3. The molecule has 0 aromatic rings. The van der Waals surface area contributed by atoms with E-state index in [1.165, 1.54) is 24.8 Å². The van der Waals surface area contributed by atoms with Crippen LogP contribution in [0.4, 0.5) is 0 Å². The zero-order valence-corrected chi connectivity index (χ0v) is 13.5. The van der Waals surface area contributed by atoms with E-state index in [1.54, 1.807) is 5.57 Å². The molecule has 0 nitrogen and oxygen atoms in total. The van der Waals surface area contributed by atoms with Gasteiger partial charge in [0, 0.05) is 25.8 Å². The van der Waals surface area contributed by atoms with E-state index in [-0.39, 0.29) is 25.8 Å². The summed E-state index contributed by atoms with van der Waals surface area (Å²) in [5.74, 6) is 0. The smallest absolute Gasteiger partial charge is 0 e. The van der Waals surface area contributed by atoms with Crippen molar-refractivity contribution >= 4 is 0 Å². The summed E-state index contributed by atoms with van der Waals surface area (Å²) in [6.07, 6.45) is 10.7. The summed E-state index contributed by atoms with van der Waals surface area (Å²) in [6, 6.07) is 0. The van der Waals surface area contributed by atoms with E-state index < -0.39 is 0 Å². The van der Waals surface area contributed by atoms with Gasteiger partial charge in [-0.15, -0.1) is 6.42 Å². The van der Waals surface area contributed by atoms with Crippen molar-refractivity contribution in [2.45, 2.75) is 53.4 Å². The van der Waals surface area contributed by atoms with Crippen LogP contribution in [0.3, 0.4) is 0 Å². The quantitative estimate of drug-likeness (QED) is 0.523. The maximum absolute atomic E-state index is 3.47. The molecule has 0 bridgehead atoms. The molecule has 0 saturated heterocycles. The van der Waals surface area contributed by atoms with Gasteiger partial charge in [-0.05, 0) is 5.41 Å². The van der Waals surface area contributed by atoms with Gasteiger partial charge in [0.15, 0.2) is 0 Å². The van der Waals surface area contributed by atoms with Crippen LogP contribution in [0.15, 0.2) is 17.2 Å². The molecule has 0 aliphatic heterocycles. The third kappa shape index (κ3) is 4.25. The molecule has 0 N–H and O–H groups in total. The summed E-state index contributed by atoms with van der Waals surface area (Å²) in [6.45, 7) is 9.08. The molecule has 0 heterocycles. The molecule has 0 atom stereocenters. The third-order valence-corrected chi connectivity index (χ3v) is 2.62. The van der Waals surface area contributed by atoms with Gasteiger partial charge in [0.2, 0.25) is 0 Å². The van der Waals surface area contributed by atoms with Gasteiger partial charge in [-0.3, -0.25) is 6.08 Å². The van der Waals surface area contributed by atoms with E-state index in [9.17, 15) is 0 Å². The van der Waals surface area contributed by atoms with Gasteiger partial charge in [-0.1, -0.05) is 47.0 Å². The van der Waals surface area contributed by atoms with Crippen molar-refractivity contribution in [3.05, 3.63) is 23.3 Å². The Balaban J connectivity index is 0.00000169. The second-order valence-corrected chi connectivity index (χ2v) is 4.90. The van der Waals surface area contributed by atoms with Crippen LogP contribution >= 0.6 is 0 Å². The maximum atomic E-state index is 3.47. The minimum atomic E-state index is 0. The van der Waals surface area contributed by atoms with Crippen LogP contribution in [0.2, 0.25) is 0 Å². The molecule has 78 valence electrons. The molecule has 1 aliphatic carbocycles. The van der Waals surface area contributed by atoms with Gasteiger partial charge in [-0.2, -0.15) is 5.57 Å². The maximum Gasteiger partial charge on any atom is 0 e. The minimum Gasteiger partial charge on any atom is -0.269 e. The normalized spacial score (nSPS) is 16.0. The summed E-state index contributed by atoms with van der Waals surface area (Å²) in [7, 11) is 0. The van der Waals surface area contributed by atoms with Crippen LogP contribution in [0.5, 0.6) is 0 Å². The standard InChI is InChI=1S/C13H21.Hf/c1-5-6-7-11-8-9-12(10-11)13(2,3)4;/h10H,5-7,9H2,1-4H3;/q-1;. The first kappa shape index (κ1) is 14.4. The van der Waals surface area contributed by atoms with E-state index in [2.05, 4.69) is 39.8 Å². The van der Waals surface area contributed by atoms with Gasteiger partial charge in [0.05, 0.1) is 0 Å². The van der Waals surface area contributed by atoms with Crippen LogP contribution < -0.4 is 0 Å². The molecule has 14 heavy (non-hydrogen) atoms. The molecular formula is C13H21Hf-.